The second-order valence-electron chi connectivity index (χ2n) is 10.5. The first kappa shape index (κ1) is 30.8. The number of benzene rings is 1. The normalized spacial score (nSPS) is 24.5. The summed E-state index contributed by atoms with van der Waals surface area (Å²) < 4.78 is 48.9. The molecule has 4 unspecified atom stereocenters. The molecular formula is C30H38F2N2O7. The predicted octanol–water partition coefficient (Wildman–Crippen LogP) is 4.31. The van der Waals surface area contributed by atoms with Crippen LogP contribution in [0.2, 0.25) is 0 Å². The van der Waals surface area contributed by atoms with E-state index in [1.54, 1.807) is 31.2 Å². The van der Waals surface area contributed by atoms with Gasteiger partial charge in [-0.3, -0.25) is 4.79 Å². The third-order valence-electron chi connectivity index (χ3n) is 7.49. The first-order chi connectivity index (χ1) is 19.6. The SMILES string of the molecule is CCOCC(F)(F)COCc1ccc(C2(O)CCOCC2c2noc(C3C=CC=CC3CCNC(C)=O)c2O)cc1. The van der Waals surface area contributed by atoms with E-state index in [-0.39, 0.29) is 61.2 Å². The summed E-state index contributed by atoms with van der Waals surface area (Å²) in [5.74, 6) is -4.08. The topological polar surface area (TPSA) is 123 Å². The number of hydrogen-bond acceptors (Lipinski definition) is 8. The Balaban J connectivity index is 1.48. The fourth-order valence-electron chi connectivity index (χ4n) is 5.28. The Labute approximate surface area is 238 Å². The Bertz CT molecular complexity index is 1210. The van der Waals surface area contributed by atoms with Crippen molar-refractivity contribution >= 4 is 5.91 Å². The van der Waals surface area contributed by atoms with Crippen molar-refractivity contribution in [3.63, 3.8) is 0 Å². The van der Waals surface area contributed by atoms with Gasteiger partial charge in [-0.25, -0.2) is 8.78 Å². The van der Waals surface area contributed by atoms with Crippen LogP contribution in [0.25, 0.3) is 0 Å². The van der Waals surface area contributed by atoms with Crippen molar-refractivity contribution in [3.8, 4) is 5.75 Å². The van der Waals surface area contributed by atoms with Crippen LogP contribution in [0.5, 0.6) is 5.75 Å². The van der Waals surface area contributed by atoms with Gasteiger partial charge in [-0.05, 0) is 30.4 Å². The number of aromatic hydroxyl groups is 1. The van der Waals surface area contributed by atoms with Gasteiger partial charge >= 0.3 is 0 Å². The lowest BCUT2D eigenvalue weighted by atomic mass is 9.75. The van der Waals surface area contributed by atoms with Gasteiger partial charge in [-0.1, -0.05) is 53.7 Å². The number of nitrogens with zero attached hydrogens (tertiary/aromatic N) is 1. The van der Waals surface area contributed by atoms with Gasteiger partial charge in [-0.2, -0.15) is 0 Å². The Morgan fingerprint density at radius 1 is 1.20 bits per heavy atom. The molecule has 9 nitrogen and oxygen atoms in total. The highest BCUT2D eigenvalue weighted by molar-refractivity contribution is 5.72. The molecule has 4 atom stereocenters. The second kappa shape index (κ2) is 13.7. The molecule has 41 heavy (non-hydrogen) atoms. The smallest absolute Gasteiger partial charge is 0.293 e. The molecule has 1 amide bonds. The van der Waals surface area contributed by atoms with Gasteiger partial charge in [0.15, 0.2) is 11.5 Å². The zero-order chi connectivity index (χ0) is 29.5. The molecule has 224 valence electrons. The zero-order valence-corrected chi connectivity index (χ0v) is 23.4. The molecule has 3 N–H and O–H groups in total. The maximum absolute atomic E-state index is 13.8. The molecule has 4 rings (SSSR count). The van der Waals surface area contributed by atoms with Crippen LogP contribution < -0.4 is 5.32 Å². The van der Waals surface area contributed by atoms with Crippen molar-refractivity contribution in [2.24, 2.45) is 5.92 Å². The molecule has 1 aliphatic heterocycles. The van der Waals surface area contributed by atoms with Crippen LogP contribution in [-0.4, -0.2) is 66.8 Å². The Kier molecular flexibility index (Phi) is 10.3. The molecule has 0 spiro atoms. The third-order valence-corrected chi connectivity index (χ3v) is 7.49. The molecule has 1 saturated heterocycles. The Morgan fingerprint density at radius 3 is 2.66 bits per heavy atom. The summed E-state index contributed by atoms with van der Waals surface area (Å²) >= 11 is 0. The van der Waals surface area contributed by atoms with Gasteiger partial charge in [0.1, 0.15) is 24.5 Å². The molecule has 1 aromatic carbocycles. The molecule has 2 heterocycles. The summed E-state index contributed by atoms with van der Waals surface area (Å²) in [4.78, 5) is 11.3. The van der Waals surface area contributed by atoms with Crippen molar-refractivity contribution in [2.75, 3.05) is 39.6 Å². The largest absolute Gasteiger partial charge is 0.503 e. The summed E-state index contributed by atoms with van der Waals surface area (Å²) in [7, 11) is 0. The molecular weight excluding hydrogens is 538 g/mol. The average molecular weight is 577 g/mol. The van der Waals surface area contributed by atoms with Crippen molar-refractivity contribution in [1.29, 1.82) is 0 Å². The molecule has 2 aliphatic rings. The predicted molar refractivity (Wildman–Crippen MR) is 146 cm³/mol. The number of alkyl halides is 2. The minimum Gasteiger partial charge on any atom is -0.503 e. The van der Waals surface area contributed by atoms with Gasteiger partial charge in [0.05, 0.1) is 19.1 Å². The van der Waals surface area contributed by atoms with E-state index >= 15 is 0 Å². The number of ether oxygens (including phenoxy) is 3. The van der Waals surface area contributed by atoms with Gasteiger partial charge < -0.3 is 34.3 Å². The average Bonchev–Trinajstić information content (AvgIpc) is 3.33. The lowest BCUT2D eigenvalue weighted by Gasteiger charge is -2.39. The Hall–Kier alpha value is -3.12. The van der Waals surface area contributed by atoms with E-state index in [1.165, 1.54) is 6.92 Å². The van der Waals surface area contributed by atoms with Crippen LogP contribution in [0.15, 0.2) is 53.1 Å². The lowest BCUT2D eigenvalue weighted by molar-refractivity contribution is -0.125. The van der Waals surface area contributed by atoms with E-state index in [9.17, 15) is 23.8 Å². The number of carbonyl (C=O) groups excluding carboxylic acids is 1. The van der Waals surface area contributed by atoms with E-state index in [0.29, 0.717) is 30.7 Å². The summed E-state index contributed by atoms with van der Waals surface area (Å²) in [6, 6.07) is 6.88. The summed E-state index contributed by atoms with van der Waals surface area (Å²) in [6.45, 7) is 2.74. The standard InChI is InChI=1S/C30H38F2N2O7/c1-3-38-18-29(31,32)19-40-16-21-8-10-23(11-9-21)30(37)13-15-39-17-25(30)26-27(36)28(41-34-26)24-7-5-4-6-22(24)12-14-33-20(2)35/h4-11,22,24-25,36-37H,3,12-19H2,1-2H3,(H,33,35). The minimum atomic E-state index is -3.08. The number of aromatic nitrogens is 1. The van der Waals surface area contributed by atoms with Gasteiger partial charge in [0, 0.05) is 39.0 Å². The summed E-state index contributed by atoms with van der Waals surface area (Å²) in [5, 5.41) is 30.1. The molecule has 1 fully saturated rings. The molecule has 11 heteroatoms. The monoisotopic (exact) mass is 576 g/mol. The van der Waals surface area contributed by atoms with Crippen LogP contribution in [0.1, 0.15) is 61.1 Å². The molecule has 0 bridgehead atoms. The van der Waals surface area contributed by atoms with E-state index < -0.39 is 30.7 Å². The number of nitrogens with one attached hydrogen (secondary N) is 1. The highest BCUT2D eigenvalue weighted by Crippen LogP contribution is 2.48. The Morgan fingerprint density at radius 2 is 1.93 bits per heavy atom. The van der Waals surface area contributed by atoms with Crippen molar-refractivity contribution in [3.05, 3.63) is 71.2 Å². The number of hydrogen-bond donors (Lipinski definition) is 3. The van der Waals surface area contributed by atoms with E-state index in [0.717, 1.165) is 0 Å². The van der Waals surface area contributed by atoms with Gasteiger partial charge in [0.2, 0.25) is 5.91 Å². The number of carbonyl (C=O) groups is 1. The van der Waals surface area contributed by atoms with Crippen molar-refractivity contribution < 1.29 is 42.5 Å². The molecule has 2 aromatic rings. The number of amides is 1. The number of aliphatic hydroxyl groups is 1. The molecule has 0 radical (unpaired) electrons. The molecule has 0 saturated carbocycles. The van der Waals surface area contributed by atoms with E-state index in [1.807, 2.05) is 24.3 Å². The van der Waals surface area contributed by atoms with Crippen LogP contribution >= 0.6 is 0 Å². The maximum Gasteiger partial charge on any atom is 0.293 e. The summed E-state index contributed by atoms with van der Waals surface area (Å²) in [6.07, 6.45) is 8.59. The fraction of sp³-hybridized carbons (Fsp3) is 0.533. The zero-order valence-electron chi connectivity index (χ0n) is 23.4. The number of allylic oxidation sites excluding steroid dienone is 4. The van der Waals surface area contributed by atoms with Crippen LogP contribution in [0, 0.1) is 5.92 Å². The molecule has 1 aliphatic carbocycles. The molecule has 1 aromatic heterocycles. The van der Waals surface area contributed by atoms with Crippen molar-refractivity contribution in [2.45, 2.75) is 56.7 Å². The van der Waals surface area contributed by atoms with Crippen LogP contribution in [0.3, 0.4) is 0 Å². The highest BCUT2D eigenvalue weighted by Gasteiger charge is 2.46. The van der Waals surface area contributed by atoms with Crippen LogP contribution in [-0.2, 0) is 31.2 Å². The first-order valence-electron chi connectivity index (χ1n) is 13.9. The maximum atomic E-state index is 13.8. The lowest BCUT2D eigenvalue weighted by Crippen LogP contribution is -2.41. The first-order valence-corrected chi connectivity index (χ1v) is 13.9. The van der Waals surface area contributed by atoms with Gasteiger partial charge in [0.25, 0.3) is 5.92 Å². The number of rotatable bonds is 13. The summed E-state index contributed by atoms with van der Waals surface area (Å²) in [5.41, 5.74) is 0.0340. The van der Waals surface area contributed by atoms with E-state index in [4.69, 9.17) is 18.7 Å². The van der Waals surface area contributed by atoms with Crippen LogP contribution in [0.4, 0.5) is 8.78 Å². The van der Waals surface area contributed by atoms with Gasteiger partial charge in [-0.15, -0.1) is 0 Å². The second-order valence-corrected chi connectivity index (χ2v) is 10.5. The quantitative estimate of drug-likeness (QED) is 0.322. The number of halogens is 2. The fourth-order valence-corrected chi connectivity index (χ4v) is 5.28. The minimum absolute atomic E-state index is 0.0210. The highest BCUT2D eigenvalue weighted by atomic mass is 19.3. The van der Waals surface area contributed by atoms with E-state index in [2.05, 4.69) is 10.5 Å². The third kappa shape index (κ3) is 7.59. The van der Waals surface area contributed by atoms with Crippen molar-refractivity contribution in [1.82, 2.24) is 10.5 Å².